The third-order valence-electron chi connectivity index (χ3n) is 7.24. The topological polar surface area (TPSA) is 149 Å². The van der Waals surface area contributed by atoms with Gasteiger partial charge in [0.25, 0.3) is 5.91 Å². The Morgan fingerprint density at radius 3 is 2.36 bits per heavy atom. The molecule has 0 aliphatic carbocycles. The Kier molecular flexibility index (Phi) is 10.8. The summed E-state index contributed by atoms with van der Waals surface area (Å²) in [5.74, 6) is -0.555. The Labute approximate surface area is 266 Å². The van der Waals surface area contributed by atoms with Crippen molar-refractivity contribution < 1.29 is 28.8 Å². The van der Waals surface area contributed by atoms with Gasteiger partial charge in [-0.2, -0.15) is 5.10 Å². The molecule has 0 unspecified atom stereocenters. The summed E-state index contributed by atoms with van der Waals surface area (Å²) in [5, 5.41) is 18.8. The Hall–Kier alpha value is -4.85. The van der Waals surface area contributed by atoms with Crippen molar-refractivity contribution in [1.82, 2.24) is 14.7 Å². The molecule has 1 saturated heterocycles. The number of esters is 1. The van der Waals surface area contributed by atoms with Crippen LogP contribution in [0.25, 0.3) is 0 Å². The van der Waals surface area contributed by atoms with E-state index in [-0.39, 0.29) is 42.2 Å². The van der Waals surface area contributed by atoms with E-state index in [0.29, 0.717) is 53.6 Å². The van der Waals surface area contributed by atoms with Crippen LogP contribution in [-0.4, -0.2) is 68.3 Å². The maximum absolute atomic E-state index is 13.8. The van der Waals surface area contributed by atoms with E-state index < -0.39 is 16.9 Å². The van der Waals surface area contributed by atoms with Gasteiger partial charge in [0.1, 0.15) is 23.2 Å². The van der Waals surface area contributed by atoms with Gasteiger partial charge in [0, 0.05) is 18.8 Å². The first-order valence-corrected chi connectivity index (χ1v) is 15.1. The molecule has 1 aliphatic rings. The van der Waals surface area contributed by atoms with Gasteiger partial charge < -0.3 is 19.7 Å². The summed E-state index contributed by atoms with van der Waals surface area (Å²) < 4.78 is 12.2. The van der Waals surface area contributed by atoms with Crippen molar-refractivity contribution in [3.63, 3.8) is 0 Å². The number of nitrogens with zero attached hydrogens (tertiary/aromatic N) is 5. The fourth-order valence-electron chi connectivity index (χ4n) is 5.09. The monoisotopic (exact) mass is 636 g/mol. The Morgan fingerprint density at radius 2 is 1.76 bits per heavy atom. The average molecular weight is 637 g/mol. The van der Waals surface area contributed by atoms with E-state index >= 15 is 0 Å². The molecule has 45 heavy (non-hydrogen) atoms. The zero-order valence-electron chi connectivity index (χ0n) is 25.6. The van der Waals surface area contributed by atoms with Gasteiger partial charge in [-0.1, -0.05) is 6.92 Å². The minimum absolute atomic E-state index is 0.0289. The van der Waals surface area contributed by atoms with Gasteiger partial charge in [-0.25, -0.2) is 4.79 Å². The Bertz CT molecular complexity index is 1570. The van der Waals surface area contributed by atoms with Crippen LogP contribution < -0.4 is 15.0 Å². The first-order chi connectivity index (χ1) is 21.5. The summed E-state index contributed by atoms with van der Waals surface area (Å²) >= 11 is 5.75. The molecule has 2 heterocycles. The molecule has 0 saturated carbocycles. The number of nitrogens with one attached hydrogen (secondary N) is 1. The van der Waals surface area contributed by atoms with Gasteiger partial charge in [0.15, 0.2) is 5.11 Å². The minimum Gasteiger partial charge on any atom is -0.494 e. The maximum Gasteiger partial charge on any atom is 0.338 e. The number of amides is 2. The third kappa shape index (κ3) is 7.63. The number of hydrogen-bond acceptors (Lipinski definition) is 9. The molecule has 0 radical (unpaired) electrons. The number of hydrogen-bond donors (Lipinski definition) is 1. The highest BCUT2D eigenvalue weighted by atomic mass is 32.1. The molecule has 1 atom stereocenters. The zero-order valence-corrected chi connectivity index (χ0v) is 26.5. The van der Waals surface area contributed by atoms with Crippen LogP contribution in [0.3, 0.4) is 0 Å². The summed E-state index contributed by atoms with van der Waals surface area (Å²) in [6.45, 7) is 8.40. The SMILES string of the molecule is CCCOc1ccc(NC(=O)C[C@H]2C(=O)N(c3ccc(C(=O)OCC)cc3)C(=S)N2CCCn2nc(C)c([N+](=O)[O-])c2C)cc1. The van der Waals surface area contributed by atoms with E-state index in [1.807, 2.05) is 6.92 Å². The standard InChI is InChI=1S/C31H36N6O7S/c1-5-18-44-25-14-10-23(11-15-25)32-27(38)19-26-29(39)36(24-12-8-22(9-13-24)30(40)43-6-2)31(45)34(26)16-7-17-35-21(4)28(37(41)42)20(3)33-35/h8-15,26H,5-7,16-19H2,1-4H3,(H,32,38)/t26-/m0/s1. The molecular formula is C31H36N6O7S. The fraction of sp³-hybridized carbons (Fsp3) is 0.387. The second-order valence-corrected chi connectivity index (χ2v) is 10.8. The third-order valence-corrected chi connectivity index (χ3v) is 7.66. The zero-order chi connectivity index (χ0) is 32.7. The number of aryl methyl sites for hydroxylation is 2. The van der Waals surface area contributed by atoms with E-state index in [1.54, 1.807) is 78.9 Å². The molecule has 1 fully saturated rings. The number of rotatable bonds is 14. The maximum atomic E-state index is 13.8. The van der Waals surface area contributed by atoms with Crippen LogP contribution in [0.1, 0.15) is 54.9 Å². The van der Waals surface area contributed by atoms with Crippen LogP contribution in [0.2, 0.25) is 0 Å². The second kappa shape index (κ2) is 14.8. The molecule has 4 rings (SSSR count). The van der Waals surface area contributed by atoms with Gasteiger partial charge in [-0.15, -0.1) is 0 Å². The largest absolute Gasteiger partial charge is 0.494 e. The lowest BCUT2D eigenvalue weighted by Gasteiger charge is -2.24. The molecular weight excluding hydrogens is 600 g/mol. The molecule has 238 valence electrons. The van der Waals surface area contributed by atoms with Crippen LogP contribution in [0.5, 0.6) is 5.75 Å². The minimum atomic E-state index is -0.899. The van der Waals surface area contributed by atoms with E-state index in [1.165, 1.54) is 4.90 Å². The molecule has 0 bridgehead atoms. The average Bonchev–Trinajstić information content (AvgIpc) is 3.42. The van der Waals surface area contributed by atoms with Gasteiger partial charge in [0.05, 0.1) is 35.8 Å². The molecule has 1 aromatic heterocycles. The molecule has 2 aromatic carbocycles. The number of anilines is 2. The van der Waals surface area contributed by atoms with Crippen molar-refractivity contribution in [3.8, 4) is 5.75 Å². The molecule has 0 spiro atoms. The number of nitro groups is 1. The lowest BCUT2D eigenvalue weighted by atomic mass is 10.1. The molecule has 13 nitrogen and oxygen atoms in total. The summed E-state index contributed by atoms with van der Waals surface area (Å²) in [4.78, 5) is 53.1. The fourth-order valence-corrected chi connectivity index (χ4v) is 5.50. The molecule has 1 N–H and O–H groups in total. The number of carbonyl (C=O) groups is 3. The van der Waals surface area contributed by atoms with Crippen LogP contribution in [0, 0.1) is 24.0 Å². The van der Waals surface area contributed by atoms with Crippen molar-refractivity contribution in [3.05, 3.63) is 75.6 Å². The van der Waals surface area contributed by atoms with E-state index in [4.69, 9.17) is 21.7 Å². The predicted octanol–water partition coefficient (Wildman–Crippen LogP) is 4.79. The number of aromatic nitrogens is 2. The molecule has 3 aromatic rings. The smallest absolute Gasteiger partial charge is 0.338 e. The lowest BCUT2D eigenvalue weighted by Crippen LogP contribution is -2.38. The van der Waals surface area contributed by atoms with Gasteiger partial charge in [0.2, 0.25) is 5.91 Å². The molecule has 1 aliphatic heterocycles. The van der Waals surface area contributed by atoms with E-state index in [2.05, 4.69) is 10.4 Å². The first kappa shape index (κ1) is 33.1. The quantitative estimate of drug-likeness (QED) is 0.113. The highest BCUT2D eigenvalue weighted by molar-refractivity contribution is 7.80. The van der Waals surface area contributed by atoms with Gasteiger partial charge >= 0.3 is 11.7 Å². The summed E-state index contributed by atoms with van der Waals surface area (Å²) in [5.41, 5.74) is 2.06. The van der Waals surface area contributed by atoms with Crippen molar-refractivity contribution in [2.45, 2.75) is 59.5 Å². The number of carbonyl (C=O) groups excluding carboxylic acids is 3. The number of thiocarbonyl (C=S) groups is 1. The lowest BCUT2D eigenvalue weighted by molar-refractivity contribution is -0.386. The van der Waals surface area contributed by atoms with Crippen molar-refractivity contribution >= 4 is 52.2 Å². The van der Waals surface area contributed by atoms with Crippen LogP contribution in [0.4, 0.5) is 17.1 Å². The second-order valence-electron chi connectivity index (χ2n) is 10.4. The normalized spacial score (nSPS) is 14.5. The van der Waals surface area contributed by atoms with E-state index in [0.717, 1.165) is 6.42 Å². The van der Waals surface area contributed by atoms with Crippen LogP contribution >= 0.6 is 12.2 Å². The Balaban J connectivity index is 1.52. The Morgan fingerprint density at radius 1 is 1.07 bits per heavy atom. The molecule has 14 heteroatoms. The van der Waals surface area contributed by atoms with Crippen LogP contribution in [0.15, 0.2) is 48.5 Å². The van der Waals surface area contributed by atoms with Crippen molar-refractivity contribution in [2.24, 2.45) is 0 Å². The summed E-state index contributed by atoms with van der Waals surface area (Å²) in [6, 6.07) is 12.4. The summed E-state index contributed by atoms with van der Waals surface area (Å²) in [6.07, 6.45) is 1.15. The first-order valence-electron chi connectivity index (χ1n) is 14.7. The number of benzene rings is 2. The highest BCUT2D eigenvalue weighted by Gasteiger charge is 2.44. The van der Waals surface area contributed by atoms with Crippen molar-refractivity contribution in [2.75, 3.05) is 30.0 Å². The van der Waals surface area contributed by atoms with Gasteiger partial charge in [-0.05, 0) is 94.4 Å². The number of ether oxygens (including phenoxy) is 2. The van der Waals surface area contributed by atoms with Crippen molar-refractivity contribution in [1.29, 1.82) is 0 Å². The highest BCUT2D eigenvalue weighted by Crippen LogP contribution is 2.29. The summed E-state index contributed by atoms with van der Waals surface area (Å²) in [7, 11) is 0. The van der Waals surface area contributed by atoms with E-state index in [9.17, 15) is 24.5 Å². The molecule has 2 amide bonds. The van der Waals surface area contributed by atoms with Crippen LogP contribution in [-0.2, 0) is 20.9 Å². The van der Waals surface area contributed by atoms with Gasteiger partial charge in [-0.3, -0.25) is 29.3 Å². The predicted molar refractivity (Wildman–Crippen MR) is 171 cm³/mol.